The number of anilines is 1. The van der Waals surface area contributed by atoms with E-state index < -0.39 is 0 Å². The molecule has 0 aliphatic carbocycles. The number of aromatic nitrogens is 3. The third-order valence-electron chi connectivity index (χ3n) is 2.69. The second-order valence-corrected chi connectivity index (χ2v) is 5.01. The summed E-state index contributed by atoms with van der Waals surface area (Å²) in [6.45, 7) is 7.84. The van der Waals surface area contributed by atoms with Crippen molar-refractivity contribution >= 4 is 5.95 Å². The first kappa shape index (κ1) is 15.0. The van der Waals surface area contributed by atoms with Gasteiger partial charge in [0.1, 0.15) is 5.75 Å². The van der Waals surface area contributed by atoms with Gasteiger partial charge in [-0.25, -0.2) is 0 Å². The standard InChI is InChI=1S/C15H20N4O2/c1-9(2)20-14-17-13(16-5)18-15(19-14)21-12-7-6-10(3)8-11(12)4/h6-9H,1-5H3,(H,16,17,18,19). The zero-order valence-corrected chi connectivity index (χ0v) is 13.0. The Kier molecular flexibility index (Phi) is 4.57. The molecule has 2 aromatic rings. The van der Waals surface area contributed by atoms with Crippen LogP contribution in [-0.2, 0) is 0 Å². The average Bonchev–Trinajstić information content (AvgIpc) is 2.41. The maximum absolute atomic E-state index is 5.75. The van der Waals surface area contributed by atoms with E-state index in [9.17, 15) is 0 Å². The van der Waals surface area contributed by atoms with Crippen molar-refractivity contribution in [2.45, 2.75) is 33.8 Å². The summed E-state index contributed by atoms with van der Waals surface area (Å²) in [5.41, 5.74) is 2.20. The molecule has 6 nitrogen and oxygen atoms in total. The highest BCUT2D eigenvalue weighted by molar-refractivity contribution is 5.38. The third kappa shape index (κ3) is 4.05. The molecule has 21 heavy (non-hydrogen) atoms. The molecular weight excluding hydrogens is 268 g/mol. The van der Waals surface area contributed by atoms with Crippen LogP contribution < -0.4 is 14.8 Å². The lowest BCUT2D eigenvalue weighted by Gasteiger charge is -2.11. The SMILES string of the molecule is CNc1nc(Oc2ccc(C)cc2C)nc(OC(C)C)n1. The van der Waals surface area contributed by atoms with Gasteiger partial charge in [0.2, 0.25) is 5.95 Å². The largest absolute Gasteiger partial charge is 0.461 e. The predicted molar refractivity (Wildman–Crippen MR) is 81.1 cm³/mol. The molecule has 0 saturated heterocycles. The molecule has 0 fully saturated rings. The van der Waals surface area contributed by atoms with Crippen molar-refractivity contribution in [1.82, 2.24) is 15.0 Å². The van der Waals surface area contributed by atoms with Crippen molar-refractivity contribution in [2.75, 3.05) is 12.4 Å². The molecule has 0 spiro atoms. The maximum atomic E-state index is 5.75. The Labute approximate surface area is 124 Å². The summed E-state index contributed by atoms with van der Waals surface area (Å²) >= 11 is 0. The molecule has 1 aromatic carbocycles. The van der Waals surface area contributed by atoms with E-state index in [-0.39, 0.29) is 18.1 Å². The Morgan fingerprint density at radius 3 is 2.38 bits per heavy atom. The van der Waals surface area contributed by atoms with Crippen molar-refractivity contribution in [2.24, 2.45) is 0 Å². The smallest absolute Gasteiger partial charge is 0.330 e. The first-order valence-corrected chi connectivity index (χ1v) is 6.83. The quantitative estimate of drug-likeness (QED) is 0.911. The summed E-state index contributed by atoms with van der Waals surface area (Å²) in [4.78, 5) is 12.5. The Morgan fingerprint density at radius 2 is 1.76 bits per heavy atom. The second-order valence-electron chi connectivity index (χ2n) is 5.01. The van der Waals surface area contributed by atoms with Gasteiger partial charge in [0.15, 0.2) is 0 Å². The van der Waals surface area contributed by atoms with Crippen molar-refractivity contribution in [3.05, 3.63) is 29.3 Å². The highest BCUT2D eigenvalue weighted by atomic mass is 16.5. The molecule has 1 heterocycles. The molecule has 0 saturated carbocycles. The summed E-state index contributed by atoms with van der Waals surface area (Å²) in [5, 5.41) is 2.87. The Morgan fingerprint density at radius 1 is 1.05 bits per heavy atom. The number of nitrogens with one attached hydrogen (secondary N) is 1. The number of ether oxygens (including phenoxy) is 2. The fraction of sp³-hybridized carbons (Fsp3) is 0.400. The number of aryl methyl sites for hydroxylation is 2. The first-order chi connectivity index (χ1) is 9.97. The predicted octanol–water partition coefficient (Wildman–Crippen LogP) is 3.11. The van der Waals surface area contributed by atoms with Crippen LogP contribution in [0.5, 0.6) is 17.8 Å². The van der Waals surface area contributed by atoms with Crippen LogP contribution in [0.1, 0.15) is 25.0 Å². The van der Waals surface area contributed by atoms with E-state index in [2.05, 4.69) is 20.3 Å². The number of hydrogen-bond acceptors (Lipinski definition) is 6. The molecule has 0 aliphatic rings. The molecule has 0 atom stereocenters. The first-order valence-electron chi connectivity index (χ1n) is 6.83. The van der Waals surface area contributed by atoms with Crippen LogP contribution in [-0.4, -0.2) is 28.1 Å². The Hall–Kier alpha value is -2.37. The highest BCUT2D eigenvalue weighted by Crippen LogP contribution is 2.25. The summed E-state index contributed by atoms with van der Waals surface area (Å²) in [6.07, 6.45) is -0.0222. The van der Waals surface area contributed by atoms with Gasteiger partial charge in [-0.2, -0.15) is 9.97 Å². The molecule has 112 valence electrons. The Bertz CT molecular complexity index is 629. The van der Waals surface area contributed by atoms with Crippen LogP contribution in [0.4, 0.5) is 5.95 Å². The molecule has 0 aliphatic heterocycles. The van der Waals surface area contributed by atoms with Gasteiger partial charge in [0.25, 0.3) is 0 Å². The minimum atomic E-state index is -0.0222. The zero-order valence-electron chi connectivity index (χ0n) is 13.0. The van der Waals surface area contributed by atoms with Crippen LogP contribution in [0.2, 0.25) is 0 Å². The fourth-order valence-corrected chi connectivity index (χ4v) is 1.77. The average molecular weight is 288 g/mol. The van der Waals surface area contributed by atoms with Gasteiger partial charge >= 0.3 is 12.0 Å². The van der Waals surface area contributed by atoms with E-state index in [1.54, 1.807) is 7.05 Å². The molecule has 2 rings (SSSR count). The van der Waals surface area contributed by atoms with E-state index in [1.807, 2.05) is 45.9 Å². The van der Waals surface area contributed by atoms with Crippen molar-refractivity contribution in [3.63, 3.8) is 0 Å². The van der Waals surface area contributed by atoms with Gasteiger partial charge in [-0.3, -0.25) is 0 Å². The molecule has 0 radical (unpaired) electrons. The van der Waals surface area contributed by atoms with E-state index in [0.29, 0.717) is 11.7 Å². The summed E-state index contributed by atoms with van der Waals surface area (Å²) < 4.78 is 11.2. The van der Waals surface area contributed by atoms with E-state index in [1.165, 1.54) is 5.56 Å². The Balaban J connectivity index is 2.29. The molecule has 0 amide bonds. The zero-order chi connectivity index (χ0) is 15.4. The highest BCUT2D eigenvalue weighted by Gasteiger charge is 2.11. The molecule has 1 aromatic heterocycles. The number of nitrogens with zero attached hydrogens (tertiary/aromatic N) is 3. The molecular formula is C15H20N4O2. The minimum Gasteiger partial charge on any atom is -0.461 e. The number of benzene rings is 1. The van der Waals surface area contributed by atoms with Gasteiger partial charge in [0.05, 0.1) is 6.10 Å². The van der Waals surface area contributed by atoms with E-state index in [4.69, 9.17) is 9.47 Å². The summed E-state index contributed by atoms with van der Waals surface area (Å²) in [5.74, 6) is 1.12. The normalized spacial score (nSPS) is 10.6. The van der Waals surface area contributed by atoms with Crippen molar-refractivity contribution in [1.29, 1.82) is 0 Å². The van der Waals surface area contributed by atoms with Crippen LogP contribution >= 0.6 is 0 Å². The van der Waals surface area contributed by atoms with Crippen LogP contribution in [0, 0.1) is 13.8 Å². The molecule has 0 bridgehead atoms. The van der Waals surface area contributed by atoms with Crippen LogP contribution in [0.3, 0.4) is 0 Å². The lowest BCUT2D eigenvalue weighted by molar-refractivity contribution is 0.218. The monoisotopic (exact) mass is 288 g/mol. The topological polar surface area (TPSA) is 69.2 Å². The van der Waals surface area contributed by atoms with E-state index in [0.717, 1.165) is 5.56 Å². The molecule has 1 N–H and O–H groups in total. The lowest BCUT2D eigenvalue weighted by Crippen LogP contribution is -2.11. The summed E-state index contributed by atoms with van der Waals surface area (Å²) in [7, 11) is 1.73. The maximum Gasteiger partial charge on any atom is 0.330 e. The summed E-state index contributed by atoms with van der Waals surface area (Å²) in [6, 6.07) is 6.37. The second kappa shape index (κ2) is 6.39. The van der Waals surface area contributed by atoms with Crippen LogP contribution in [0.15, 0.2) is 18.2 Å². The van der Waals surface area contributed by atoms with Gasteiger partial charge in [-0.05, 0) is 39.3 Å². The molecule has 0 unspecified atom stereocenters. The van der Waals surface area contributed by atoms with Gasteiger partial charge in [0, 0.05) is 7.05 Å². The van der Waals surface area contributed by atoms with Gasteiger partial charge in [-0.15, -0.1) is 4.98 Å². The van der Waals surface area contributed by atoms with Crippen LogP contribution in [0.25, 0.3) is 0 Å². The van der Waals surface area contributed by atoms with Gasteiger partial charge < -0.3 is 14.8 Å². The lowest BCUT2D eigenvalue weighted by atomic mass is 10.1. The van der Waals surface area contributed by atoms with E-state index >= 15 is 0 Å². The van der Waals surface area contributed by atoms with Crippen molar-refractivity contribution < 1.29 is 9.47 Å². The number of hydrogen-bond donors (Lipinski definition) is 1. The fourth-order valence-electron chi connectivity index (χ4n) is 1.77. The molecule has 6 heteroatoms. The number of rotatable bonds is 5. The van der Waals surface area contributed by atoms with Crippen molar-refractivity contribution in [3.8, 4) is 17.8 Å². The minimum absolute atomic E-state index is 0.0222. The third-order valence-corrected chi connectivity index (χ3v) is 2.69. The van der Waals surface area contributed by atoms with Gasteiger partial charge in [-0.1, -0.05) is 17.7 Å².